The van der Waals surface area contributed by atoms with E-state index >= 15 is 0 Å². The molecule has 0 aliphatic heterocycles. The first-order chi connectivity index (χ1) is 12.3. The molecule has 7 heteroatoms. The lowest BCUT2D eigenvalue weighted by atomic mass is 10.1. The van der Waals surface area contributed by atoms with Gasteiger partial charge in [-0.1, -0.05) is 23.7 Å². The zero-order chi connectivity index (χ0) is 19.3. The highest BCUT2D eigenvalue weighted by atomic mass is 35.5. The van der Waals surface area contributed by atoms with Crippen LogP contribution in [0.15, 0.2) is 24.3 Å². The number of ether oxygens (including phenoxy) is 1. The highest BCUT2D eigenvalue weighted by molar-refractivity contribution is 6.30. The Labute approximate surface area is 156 Å². The van der Waals surface area contributed by atoms with Gasteiger partial charge in [0.15, 0.2) is 5.78 Å². The molecule has 0 aliphatic rings. The lowest BCUT2D eigenvalue weighted by Gasteiger charge is -2.07. The number of ketones is 1. The summed E-state index contributed by atoms with van der Waals surface area (Å²) in [5.74, 6) is -1.04. The quantitative estimate of drug-likeness (QED) is 0.574. The van der Waals surface area contributed by atoms with E-state index in [-0.39, 0.29) is 23.7 Å². The molecule has 0 aliphatic carbocycles. The van der Waals surface area contributed by atoms with Crippen LogP contribution in [0, 0.1) is 6.92 Å². The van der Waals surface area contributed by atoms with Crippen molar-refractivity contribution in [2.75, 3.05) is 13.7 Å². The third-order valence-corrected chi connectivity index (χ3v) is 4.27. The van der Waals surface area contributed by atoms with Gasteiger partial charge in [-0.15, -0.1) is 0 Å². The Morgan fingerprint density at radius 2 is 2.00 bits per heavy atom. The molecule has 2 aromatic rings. The molecule has 0 atom stereocenters. The van der Waals surface area contributed by atoms with Crippen LogP contribution in [0.4, 0.5) is 0 Å². The predicted octanol–water partition coefficient (Wildman–Crippen LogP) is 2.87. The van der Waals surface area contributed by atoms with E-state index in [1.165, 1.54) is 14.0 Å². The molecular formula is C19H21ClN2O4. The summed E-state index contributed by atoms with van der Waals surface area (Å²) in [4.78, 5) is 38.8. The van der Waals surface area contributed by atoms with E-state index < -0.39 is 5.97 Å². The fourth-order valence-electron chi connectivity index (χ4n) is 2.78. The van der Waals surface area contributed by atoms with E-state index in [1.807, 2.05) is 18.2 Å². The van der Waals surface area contributed by atoms with E-state index in [1.54, 1.807) is 13.0 Å². The van der Waals surface area contributed by atoms with Gasteiger partial charge in [0.2, 0.25) is 5.91 Å². The maximum Gasteiger partial charge on any atom is 0.339 e. The van der Waals surface area contributed by atoms with Gasteiger partial charge >= 0.3 is 5.97 Å². The van der Waals surface area contributed by atoms with Crippen LogP contribution in [-0.2, 0) is 22.4 Å². The van der Waals surface area contributed by atoms with Crippen molar-refractivity contribution in [3.8, 4) is 0 Å². The zero-order valence-electron chi connectivity index (χ0n) is 14.9. The first-order valence-electron chi connectivity index (χ1n) is 8.15. The minimum Gasteiger partial charge on any atom is -0.465 e. The monoisotopic (exact) mass is 376 g/mol. The number of aromatic amines is 1. The van der Waals surface area contributed by atoms with Gasteiger partial charge in [0.25, 0.3) is 0 Å². The number of benzene rings is 1. The summed E-state index contributed by atoms with van der Waals surface area (Å²) >= 11 is 5.93. The number of amides is 1. The van der Waals surface area contributed by atoms with Crippen LogP contribution in [0.3, 0.4) is 0 Å². The predicted molar refractivity (Wildman–Crippen MR) is 98.7 cm³/mol. The Kier molecular flexibility index (Phi) is 6.58. The van der Waals surface area contributed by atoms with Crippen LogP contribution in [0.1, 0.15) is 44.6 Å². The standard InChI is InChI=1S/C19H21ClN2O4/c1-11-17(19(25)26-3)15(22-18(11)12(2)23)10-16(24)21-8-7-13-5-4-6-14(20)9-13/h4-6,9,22H,7-8,10H2,1-3H3,(H,21,24). The average Bonchev–Trinajstić information content (AvgIpc) is 2.90. The molecule has 26 heavy (non-hydrogen) atoms. The Balaban J connectivity index is 2.05. The Morgan fingerprint density at radius 3 is 2.62 bits per heavy atom. The van der Waals surface area contributed by atoms with Crippen molar-refractivity contribution >= 4 is 29.3 Å². The lowest BCUT2D eigenvalue weighted by Crippen LogP contribution is -2.28. The summed E-state index contributed by atoms with van der Waals surface area (Å²) in [5.41, 5.74) is 2.43. The minimum absolute atomic E-state index is 0.0475. The van der Waals surface area contributed by atoms with E-state index in [0.717, 1.165) is 5.56 Å². The number of nitrogens with one attached hydrogen (secondary N) is 2. The number of methoxy groups -OCH3 is 1. The number of halogens is 1. The molecule has 0 saturated carbocycles. The zero-order valence-corrected chi connectivity index (χ0v) is 15.7. The summed E-state index contributed by atoms with van der Waals surface area (Å²) in [6.07, 6.45) is 0.590. The van der Waals surface area contributed by atoms with Gasteiger partial charge in [-0.05, 0) is 36.6 Å². The molecule has 6 nitrogen and oxygen atoms in total. The van der Waals surface area contributed by atoms with Crippen molar-refractivity contribution in [1.29, 1.82) is 0 Å². The van der Waals surface area contributed by atoms with Crippen molar-refractivity contribution in [3.63, 3.8) is 0 Å². The van der Waals surface area contributed by atoms with Gasteiger partial charge in [0, 0.05) is 24.2 Å². The smallest absolute Gasteiger partial charge is 0.339 e. The fourth-order valence-corrected chi connectivity index (χ4v) is 3.00. The number of hydrogen-bond donors (Lipinski definition) is 2. The molecule has 1 amide bonds. The Bertz CT molecular complexity index is 842. The number of carbonyl (C=O) groups is 3. The lowest BCUT2D eigenvalue weighted by molar-refractivity contribution is -0.120. The molecule has 0 fully saturated rings. The van der Waals surface area contributed by atoms with Gasteiger partial charge < -0.3 is 15.0 Å². The molecular weight excluding hydrogens is 356 g/mol. The maximum absolute atomic E-state index is 12.2. The molecule has 0 unspecified atom stereocenters. The molecule has 138 valence electrons. The number of H-pyrrole nitrogens is 1. The summed E-state index contributed by atoms with van der Waals surface area (Å²) in [6, 6.07) is 7.42. The molecule has 0 spiro atoms. The van der Waals surface area contributed by atoms with Gasteiger partial charge in [-0.3, -0.25) is 9.59 Å². The molecule has 1 heterocycles. The van der Waals surface area contributed by atoms with Crippen molar-refractivity contribution in [2.45, 2.75) is 26.7 Å². The SMILES string of the molecule is COC(=O)c1c(CC(=O)NCCc2cccc(Cl)c2)[nH]c(C(C)=O)c1C. The number of hydrogen-bond acceptors (Lipinski definition) is 4. The molecule has 2 rings (SSSR count). The molecule has 1 aromatic heterocycles. The topological polar surface area (TPSA) is 88.3 Å². The van der Waals surface area contributed by atoms with Gasteiger partial charge in [-0.25, -0.2) is 4.79 Å². The second-order valence-corrected chi connectivity index (χ2v) is 6.37. The maximum atomic E-state index is 12.2. The van der Waals surface area contributed by atoms with E-state index in [9.17, 15) is 14.4 Å². The molecule has 0 bridgehead atoms. The van der Waals surface area contributed by atoms with Crippen molar-refractivity contribution in [3.05, 3.63) is 57.4 Å². The van der Waals surface area contributed by atoms with Crippen molar-refractivity contribution < 1.29 is 19.1 Å². The average molecular weight is 377 g/mol. The minimum atomic E-state index is -0.576. The largest absolute Gasteiger partial charge is 0.465 e. The molecule has 0 saturated heterocycles. The van der Waals surface area contributed by atoms with Crippen LogP contribution >= 0.6 is 11.6 Å². The second-order valence-electron chi connectivity index (χ2n) is 5.93. The number of esters is 1. The van der Waals surface area contributed by atoms with Gasteiger partial charge in [0.1, 0.15) is 0 Å². The van der Waals surface area contributed by atoms with E-state index in [2.05, 4.69) is 10.3 Å². The van der Waals surface area contributed by atoms with Crippen LogP contribution in [0.5, 0.6) is 0 Å². The third-order valence-electron chi connectivity index (χ3n) is 4.03. The molecule has 0 radical (unpaired) electrons. The number of rotatable bonds is 7. The summed E-state index contributed by atoms with van der Waals surface area (Å²) < 4.78 is 4.77. The van der Waals surface area contributed by atoms with Crippen LogP contribution in [0.25, 0.3) is 0 Å². The Morgan fingerprint density at radius 1 is 1.27 bits per heavy atom. The number of carbonyl (C=O) groups excluding carboxylic acids is 3. The van der Waals surface area contributed by atoms with E-state index in [4.69, 9.17) is 16.3 Å². The summed E-state index contributed by atoms with van der Waals surface area (Å²) in [6.45, 7) is 3.49. The van der Waals surface area contributed by atoms with Gasteiger partial charge in [0.05, 0.1) is 24.8 Å². The van der Waals surface area contributed by atoms with Crippen LogP contribution in [0.2, 0.25) is 5.02 Å². The summed E-state index contributed by atoms with van der Waals surface area (Å²) in [5, 5.41) is 3.45. The van der Waals surface area contributed by atoms with E-state index in [0.29, 0.717) is 34.9 Å². The van der Waals surface area contributed by atoms with Crippen LogP contribution < -0.4 is 5.32 Å². The summed E-state index contributed by atoms with van der Waals surface area (Å²) in [7, 11) is 1.26. The van der Waals surface area contributed by atoms with Gasteiger partial charge in [-0.2, -0.15) is 0 Å². The first kappa shape index (κ1) is 19.7. The Hall–Kier alpha value is -2.60. The second kappa shape index (κ2) is 8.67. The van der Waals surface area contributed by atoms with Crippen molar-refractivity contribution in [2.24, 2.45) is 0 Å². The fraction of sp³-hybridized carbons (Fsp3) is 0.316. The highest BCUT2D eigenvalue weighted by Crippen LogP contribution is 2.20. The third kappa shape index (κ3) is 4.73. The molecule has 1 aromatic carbocycles. The van der Waals surface area contributed by atoms with Crippen LogP contribution in [-0.4, -0.2) is 36.3 Å². The van der Waals surface area contributed by atoms with Crippen molar-refractivity contribution in [1.82, 2.24) is 10.3 Å². The normalized spacial score (nSPS) is 10.5. The number of aromatic nitrogens is 1. The highest BCUT2D eigenvalue weighted by Gasteiger charge is 2.24. The first-order valence-corrected chi connectivity index (χ1v) is 8.53. The number of Topliss-reactive ketones (excluding diaryl/α,β-unsaturated/α-hetero) is 1. The molecule has 2 N–H and O–H groups in total.